The monoisotopic (exact) mass is 328 g/mol. The van der Waals surface area contributed by atoms with E-state index in [0.29, 0.717) is 25.4 Å². The van der Waals surface area contributed by atoms with Crippen LogP contribution in [0.3, 0.4) is 0 Å². The molecule has 6 nitrogen and oxygen atoms in total. The van der Waals surface area contributed by atoms with E-state index in [0.717, 1.165) is 43.0 Å². The van der Waals surface area contributed by atoms with Crippen molar-refractivity contribution in [2.45, 2.75) is 39.3 Å². The van der Waals surface area contributed by atoms with Crippen LogP contribution in [0.2, 0.25) is 0 Å². The van der Waals surface area contributed by atoms with Gasteiger partial charge < -0.3 is 14.2 Å². The summed E-state index contributed by atoms with van der Waals surface area (Å²) < 4.78 is 7.36. The Hall–Kier alpha value is -2.21. The van der Waals surface area contributed by atoms with E-state index in [1.807, 2.05) is 25.1 Å². The first-order chi connectivity index (χ1) is 11.7. The fraction of sp³-hybridized carbons (Fsp3) is 0.500. The van der Waals surface area contributed by atoms with Crippen molar-refractivity contribution in [3.05, 3.63) is 47.3 Å². The summed E-state index contributed by atoms with van der Waals surface area (Å²) in [5.74, 6) is 0.897. The van der Waals surface area contributed by atoms with Gasteiger partial charge in [-0.15, -0.1) is 0 Å². The van der Waals surface area contributed by atoms with E-state index in [1.165, 1.54) is 0 Å². The molecule has 1 amide bonds. The summed E-state index contributed by atoms with van der Waals surface area (Å²) in [7, 11) is 1.64. The smallest absolute Gasteiger partial charge is 0.274 e. The molecule has 0 saturated heterocycles. The quantitative estimate of drug-likeness (QED) is 0.816. The lowest BCUT2D eigenvalue weighted by atomic mass is 10.1. The molecule has 0 fully saturated rings. The van der Waals surface area contributed by atoms with Crippen LogP contribution < -0.4 is 0 Å². The molecule has 0 spiro atoms. The van der Waals surface area contributed by atoms with Gasteiger partial charge in [0.05, 0.1) is 24.5 Å². The van der Waals surface area contributed by atoms with Crippen LogP contribution in [0.4, 0.5) is 0 Å². The van der Waals surface area contributed by atoms with Crippen molar-refractivity contribution in [1.29, 1.82) is 0 Å². The number of aromatic nitrogens is 3. The molecule has 2 aromatic rings. The van der Waals surface area contributed by atoms with Crippen LogP contribution in [0.5, 0.6) is 0 Å². The summed E-state index contributed by atoms with van der Waals surface area (Å²) in [6, 6.07) is 5.74. The molecule has 1 aliphatic heterocycles. The third-order valence-corrected chi connectivity index (χ3v) is 4.44. The molecular weight excluding hydrogens is 304 g/mol. The van der Waals surface area contributed by atoms with Gasteiger partial charge in [-0.1, -0.05) is 6.07 Å². The normalized spacial score (nSPS) is 13.6. The van der Waals surface area contributed by atoms with Gasteiger partial charge in [0.25, 0.3) is 5.91 Å². The van der Waals surface area contributed by atoms with Crippen molar-refractivity contribution in [3.63, 3.8) is 0 Å². The predicted octanol–water partition coefficient (Wildman–Crippen LogP) is 2.21. The summed E-state index contributed by atoms with van der Waals surface area (Å²) in [6.07, 6.45) is 4.93. The number of imidazole rings is 1. The van der Waals surface area contributed by atoms with E-state index < -0.39 is 0 Å². The Morgan fingerprint density at radius 2 is 2.25 bits per heavy atom. The molecule has 3 rings (SSSR count). The molecule has 0 saturated carbocycles. The van der Waals surface area contributed by atoms with Gasteiger partial charge in [-0.05, 0) is 38.3 Å². The zero-order valence-corrected chi connectivity index (χ0v) is 14.4. The molecule has 0 atom stereocenters. The van der Waals surface area contributed by atoms with E-state index in [4.69, 9.17) is 4.74 Å². The highest BCUT2D eigenvalue weighted by Crippen LogP contribution is 2.22. The van der Waals surface area contributed by atoms with Gasteiger partial charge in [0.2, 0.25) is 0 Å². The highest BCUT2D eigenvalue weighted by Gasteiger charge is 2.26. The van der Waals surface area contributed by atoms with E-state index >= 15 is 0 Å². The number of hydrogen-bond acceptors (Lipinski definition) is 4. The summed E-state index contributed by atoms with van der Waals surface area (Å²) in [6.45, 7) is 4.42. The average molecular weight is 328 g/mol. The van der Waals surface area contributed by atoms with Crippen LogP contribution in [0.1, 0.15) is 40.5 Å². The number of carbonyl (C=O) groups is 1. The Balaban J connectivity index is 1.85. The summed E-state index contributed by atoms with van der Waals surface area (Å²) in [5.41, 5.74) is 2.54. The molecule has 0 aliphatic carbocycles. The highest BCUT2D eigenvalue weighted by molar-refractivity contribution is 5.93. The third-order valence-electron chi connectivity index (χ3n) is 4.44. The van der Waals surface area contributed by atoms with E-state index in [-0.39, 0.29) is 5.91 Å². The van der Waals surface area contributed by atoms with E-state index in [1.54, 1.807) is 18.2 Å². The van der Waals surface area contributed by atoms with Gasteiger partial charge in [-0.2, -0.15) is 0 Å². The van der Waals surface area contributed by atoms with E-state index in [2.05, 4.69) is 14.5 Å². The maximum absolute atomic E-state index is 13.1. The van der Waals surface area contributed by atoms with Crippen molar-refractivity contribution >= 4 is 5.91 Å². The molecule has 3 heterocycles. The molecule has 24 heavy (non-hydrogen) atoms. The zero-order valence-electron chi connectivity index (χ0n) is 14.4. The minimum absolute atomic E-state index is 0.0311. The third kappa shape index (κ3) is 3.48. The molecule has 1 aliphatic rings. The number of methoxy groups -OCH3 is 1. The van der Waals surface area contributed by atoms with Gasteiger partial charge in [0.15, 0.2) is 0 Å². The molecule has 0 bridgehead atoms. The van der Waals surface area contributed by atoms with Crippen LogP contribution in [0, 0.1) is 6.92 Å². The SMILES string of the molecule is COCCN(Cc1ccccn1)C(=O)c1nc(C)n2c1CCCC2. The molecule has 6 heteroatoms. The first-order valence-electron chi connectivity index (χ1n) is 8.45. The number of fused-ring (bicyclic) bond motifs is 1. The Kier molecular flexibility index (Phi) is 5.25. The van der Waals surface area contributed by atoms with Crippen molar-refractivity contribution in [1.82, 2.24) is 19.4 Å². The van der Waals surface area contributed by atoms with Crippen LogP contribution in [0.15, 0.2) is 24.4 Å². The number of rotatable bonds is 6. The second-order valence-electron chi connectivity index (χ2n) is 6.10. The number of hydrogen-bond donors (Lipinski definition) is 0. The van der Waals surface area contributed by atoms with Gasteiger partial charge >= 0.3 is 0 Å². The molecular formula is C18H24N4O2. The highest BCUT2D eigenvalue weighted by atomic mass is 16.5. The molecule has 0 aromatic carbocycles. The lowest BCUT2D eigenvalue weighted by Crippen LogP contribution is -2.34. The number of nitrogens with zero attached hydrogens (tertiary/aromatic N) is 4. The largest absolute Gasteiger partial charge is 0.383 e. The Morgan fingerprint density at radius 1 is 1.38 bits per heavy atom. The minimum atomic E-state index is -0.0311. The fourth-order valence-electron chi connectivity index (χ4n) is 3.18. The lowest BCUT2D eigenvalue weighted by Gasteiger charge is -2.23. The van der Waals surface area contributed by atoms with Crippen molar-refractivity contribution in [3.8, 4) is 0 Å². The van der Waals surface area contributed by atoms with Crippen molar-refractivity contribution < 1.29 is 9.53 Å². The van der Waals surface area contributed by atoms with Crippen molar-refractivity contribution in [2.75, 3.05) is 20.3 Å². The second-order valence-corrected chi connectivity index (χ2v) is 6.10. The average Bonchev–Trinajstić information content (AvgIpc) is 2.96. The fourth-order valence-corrected chi connectivity index (χ4v) is 3.18. The van der Waals surface area contributed by atoms with Gasteiger partial charge in [-0.25, -0.2) is 4.98 Å². The summed E-state index contributed by atoms with van der Waals surface area (Å²) in [4.78, 5) is 23.8. The molecule has 0 unspecified atom stereocenters. The lowest BCUT2D eigenvalue weighted by molar-refractivity contribution is 0.0671. The van der Waals surface area contributed by atoms with Gasteiger partial charge in [-0.3, -0.25) is 9.78 Å². The molecule has 0 radical (unpaired) electrons. The second kappa shape index (κ2) is 7.57. The van der Waals surface area contributed by atoms with Crippen LogP contribution in [-0.2, 0) is 24.2 Å². The Labute approximate surface area is 142 Å². The van der Waals surface area contributed by atoms with Crippen LogP contribution >= 0.6 is 0 Å². The van der Waals surface area contributed by atoms with Gasteiger partial charge in [0.1, 0.15) is 11.5 Å². The van der Waals surface area contributed by atoms with Crippen LogP contribution in [0.25, 0.3) is 0 Å². The minimum Gasteiger partial charge on any atom is -0.383 e. The summed E-state index contributed by atoms with van der Waals surface area (Å²) in [5, 5.41) is 0. The standard InChI is InChI=1S/C18H24N4O2/c1-14-20-17(16-8-4-6-10-22(14)16)18(23)21(11-12-24-2)13-15-7-3-5-9-19-15/h3,5,7,9H,4,6,8,10-13H2,1-2H3. The summed E-state index contributed by atoms with van der Waals surface area (Å²) >= 11 is 0. The molecule has 0 N–H and O–H groups in total. The van der Waals surface area contributed by atoms with Gasteiger partial charge in [0, 0.05) is 26.4 Å². The number of ether oxygens (including phenoxy) is 1. The topological polar surface area (TPSA) is 60.2 Å². The van der Waals surface area contributed by atoms with Crippen LogP contribution in [-0.4, -0.2) is 45.6 Å². The Morgan fingerprint density at radius 3 is 3.00 bits per heavy atom. The molecule has 128 valence electrons. The maximum atomic E-state index is 13.1. The number of amides is 1. The predicted molar refractivity (Wildman–Crippen MR) is 90.8 cm³/mol. The maximum Gasteiger partial charge on any atom is 0.274 e. The molecule has 2 aromatic heterocycles. The number of carbonyl (C=O) groups excluding carboxylic acids is 1. The van der Waals surface area contributed by atoms with E-state index in [9.17, 15) is 4.79 Å². The number of pyridine rings is 1. The number of aryl methyl sites for hydroxylation is 1. The van der Waals surface area contributed by atoms with Crippen molar-refractivity contribution in [2.24, 2.45) is 0 Å². The first-order valence-corrected chi connectivity index (χ1v) is 8.45. The Bertz CT molecular complexity index is 697. The first kappa shape index (κ1) is 16.6. The zero-order chi connectivity index (χ0) is 16.9.